The molecule has 0 saturated carbocycles. The Labute approximate surface area is 61.6 Å². The molecule has 0 aromatic heterocycles. The third kappa shape index (κ3) is 1.94. The largest absolute Gasteiger partial charge is 0.396 e. The van der Waals surface area contributed by atoms with E-state index in [9.17, 15) is 0 Å². The molecule has 3 nitrogen and oxygen atoms in total. The molecule has 10 heavy (non-hydrogen) atoms. The fourth-order valence-electron chi connectivity index (χ4n) is 1.40. The highest BCUT2D eigenvalue weighted by Crippen LogP contribution is 2.17. The van der Waals surface area contributed by atoms with Crippen LogP contribution in [-0.4, -0.2) is 30.3 Å². The van der Waals surface area contributed by atoms with Crippen LogP contribution in [0.5, 0.6) is 0 Å². The van der Waals surface area contributed by atoms with E-state index >= 15 is 0 Å². The summed E-state index contributed by atoms with van der Waals surface area (Å²) in [5.74, 6) is 0. The quantitative estimate of drug-likeness (QED) is 0.487. The Morgan fingerprint density at radius 1 is 1.40 bits per heavy atom. The molecule has 3 heteroatoms. The van der Waals surface area contributed by atoms with E-state index < -0.39 is 0 Å². The van der Waals surface area contributed by atoms with Gasteiger partial charge in [-0.25, -0.2) is 0 Å². The first-order valence-electron chi connectivity index (χ1n) is 3.87. The third-order valence-corrected chi connectivity index (χ3v) is 2.21. The molecule has 0 spiro atoms. The SMILES string of the molecule is NC1(CCO)CCNCC1. The molecule has 0 atom stereocenters. The summed E-state index contributed by atoms with van der Waals surface area (Å²) in [5, 5.41) is 11.9. The van der Waals surface area contributed by atoms with Crippen molar-refractivity contribution in [1.29, 1.82) is 0 Å². The summed E-state index contributed by atoms with van der Waals surface area (Å²) in [5.41, 5.74) is 5.89. The minimum absolute atomic E-state index is 0.0833. The van der Waals surface area contributed by atoms with Crippen molar-refractivity contribution in [2.24, 2.45) is 5.73 Å². The van der Waals surface area contributed by atoms with E-state index in [4.69, 9.17) is 10.8 Å². The van der Waals surface area contributed by atoms with Crippen molar-refractivity contribution in [3.63, 3.8) is 0 Å². The van der Waals surface area contributed by atoms with Crippen molar-refractivity contribution in [2.45, 2.75) is 24.8 Å². The molecule has 1 heterocycles. The second kappa shape index (κ2) is 3.32. The van der Waals surface area contributed by atoms with E-state index in [-0.39, 0.29) is 12.1 Å². The van der Waals surface area contributed by atoms with E-state index in [1.807, 2.05) is 0 Å². The molecule has 0 bridgehead atoms. The van der Waals surface area contributed by atoms with Crippen LogP contribution in [0.25, 0.3) is 0 Å². The molecule has 1 saturated heterocycles. The maximum absolute atomic E-state index is 8.68. The Kier molecular flexibility index (Phi) is 2.65. The van der Waals surface area contributed by atoms with Gasteiger partial charge in [-0.15, -0.1) is 0 Å². The lowest BCUT2D eigenvalue weighted by molar-refractivity contribution is 0.208. The van der Waals surface area contributed by atoms with E-state index in [1.165, 1.54) is 0 Å². The van der Waals surface area contributed by atoms with Gasteiger partial charge in [0.25, 0.3) is 0 Å². The Morgan fingerprint density at radius 3 is 2.50 bits per heavy atom. The maximum Gasteiger partial charge on any atom is 0.0448 e. The number of rotatable bonds is 2. The van der Waals surface area contributed by atoms with Gasteiger partial charge in [0, 0.05) is 12.1 Å². The predicted molar refractivity (Wildman–Crippen MR) is 40.7 cm³/mol. The van der Waals surface area contributed by atoms with Crippen molar-refractivity contribution in [1.82, 2.24) is 5.32 Å². The predicted octanol–water partition coefficient (Wildman–Crippen LogP) is -0.550. The topological polar surface area (TPSA) is 58.3 Å². The zero-order valence-corrected chi connectivity index (χ0v) is 6.27. The molecule has 1 fully saturated rings. The van der Waals surface area contributed by atoms with Crippen molar-refractivity contribution in [2.75, 3.05) is 19.7 Å². The van der Waals surface area contributed by atoms with Crippen LogP contribution in [0.4, 0.5) is 0 Å². The highest BCUT2D eigenvalue weighted by molar-refractivity contribution is 4.88. The van der Waals surface area contributed by atoms with E-state index in [2.05, 4.69) is 5.32 Å². The number of aliphatic hydroxyl groups excluding tert-OH is 1. The van der Waals surface area contributed by atoms with E-state index in [0.29, 0.717) is 0 Å². The summed E-state index contributed by atoms with van der Waals surface area (Å²) in [6.45, 7) is 2.21. The third-order valence-electron chi connectivity index (χ3n) is 2.21. The first-order chi connectivity index (χ1) is 4.77. The summed E-state index contributed by atoms with van der Waals surface area (Å²) in [6, 6.07) is 0. The Morgan fingerprint density at radius 2 is 2.00 bits per heavy atom. The molecule has 0 aliphatic carbocycles. The minimum Gasteiger partial charge on any atom is -0.396 e. The zero-order chi connectivity index (χ0) is 7.45. The van der Waals surface area contributed by atoms with Gasteiger partial charge in [0.1, 0.15) is 0 Å². The van der Waals surface area contributed by atoms with Crippen LogP contribution >= 0.6 is 0 Å². The molecule has 60 valence electrons. The van der Waals surface area contributed by atoms with Gasteiger partial charge in [-0.05, 0) is 32.4 Å². The molecule has 1 aliphatic rings. The normalized spacial score (nSPS) is 24.6. The smallest absolute Gasteiger partial charge is 0.0448 e. The molecule has 1 rings (SSSR count). The number of nitrogens with two attached hydrogens (primary N) is 1. The van der Waals surface area contributed by atoms with Gasteiger partial charge >= 0.3 is 0 Å². The van der Waals surface area contributed by atoms with Gasteiger partial charge in [-0.1, -0.05) is 0 Å². The van der Waals surface area contributed by atoms with Crippen LogP contribution < -0.4 is 11.1 Å². The molecule has 4 N–H and O–H groups in total. The van der Waals surface area contributed by atoms with Crippen molar-refractivity contribution in [3.8, 4) is 0 Å². The average Bonchev–Trinajstić information content (AvgIpc) is 1.89. The fraction of sp³-hybridized carbons (Fsp3) is 1.00. The summed E-state index contributed by atoms with van der Waals surface area (Å²) < 4.78 is 0. The first-order valence-corrected chi connectivity index (χ1v) is 3.87. The van der Waals surface area contributed by atoms with Crippen LogP contribution in [0, 0.1) is 0 Å². The molecular weight excluding hydrogens is 128 g/mol. The maximum atomic E-state index is 8.68. The van der Waals surface area contributed by atoms with Crippen molar-refractivity contribution in [3.05, 3.63) is 0 Å². The summed E-state index contributed by atoms with van der Waals surface area (Å²) in [4.78, 5) is 0. The summed E-state index contributed by atoms with van der Waals surface area (Å²) in [7, 11) is 0. The molecule has 0 aromatic rings. The van der Waals surface area contributed by atoms with Gasteiger partial charge < -0.3 is 16.2 Å². The molecule has 0 radical (unpaired) electrons. The molecule has 1 aliphatic heterocycles. The van der Waals surface area contributed by atoms with Gasteiger partial charge in [0.05, 0.1) is 0 Å². The number of nitrogens with one attached hydrogen (secondary N) is 1. The minimum atomic E-state index is -0.0833. The highest BCUT2D eigenvalue weighted by Gasteiger charge is 2.25. The van der Waals surface area contributed by atoms with Crippen LogP contribution in [0.3, 0.4) is 0 Å². The highest BCUT2D eigenvalue weighted by atomic mass is 16.3. The zero-order valence-electron chi connectivity index (χ0n) is 6.27. The number of piperidine rings is 1. The van der Waals surface area contributed by atoms with Gasteiger partial charge in [0.15, 0.2) is 0 Å². The number of hydrogen-bond acceptors (Lipinski definition) is 3. The van der Waals surface area contributed by atoms with Crippen molar-refractivity contribution >= 4 is 0 Å². The van der Waals surface area contributed by atoms with Gasteiger partial charge in [0.2, 0.25) is 0 Å². The van der Waals surface area contributed by atoms with Crippen LogP contribution in [0.15, 0.2) is 0 Å². The van der Waals surface area contributed by atoms with Gasteiger partial charge in [-0.2, -0.15) is 0 Å². The second-order valence-electron chi connectivity index (χ2n) is 3.09. The number of hydrogen-bond donors (Lipinski definition) is 3. The fourth-order valence-corrected chi connectivity index (χ4v) is 1.40. The van der Waals surface area contributed by atoms with E-state index in [0.717, 1.165) is 32.4 Å². The van der Waals surface area contributed by atoms with Crippen LogP contribution in [0.2, 0.25) is 0 Å². The lowest BCUT2D eigenvalue weighted by Gasteiger charge is -2.33. The lowest BCUT2D eigenvalue weighted by atomic mass is 9.87. The Balaban J connectivity index is 2.32. The molecule has 0 amide bonds. The van der Waals surface area contributed by atoms with E-state index in [1.54, 1.807) is 0 Å². The van der Waals surface area contributed by atoms with Gasteiger partial charge in [-0.3, -0.25) is 0 Å². The summed E-state index contributed by atoms with van der Waals surface area (Å²) >= 11 is 0. The molecule has 0 aromatic carbocycles. The average molecular weight is 144 g/mol. The van der Waals surface area contributed by atoms with Crippen LogP contribution in [-0.2, 0) is 0 Å². The lowest BCUT2D eigenvalue weighted by Crippen LogP contribution is -2.49. The monoisotopic (exact) mass is 144 g/mol. The summed E-state index contributed by atoms with van der Waals surface area (Å²) in [6.07, 6.45) is 2.73. The Bertz CT molecular complexity index is 94.3. The number of aliphatic hydroxyl groups is 1. The standard InChI is InChI=1S/C7H16N2O/c8-7(3-6-10)1-4-9-5-2-7/h9-10H,1-6,8H2. The Hall–Kier alpha value is -0.120. The van der Waals surface area contributed by atoms with Crippen molar-refractivity contribution < 1.29 is 5.11 Å². The first kappa shape index (κ1) is 7.98. The second-order valence-corrected chi connectivity index (χ2v) is 3.09. The van der Waals surface area contributed by atoms with Crippen LogP contribution in [0.1, 0.15) is 19.3 Å². The molecule has 0 unspecified atom stereocenters. The molecular formula is C7H16N2O.